The summed E-state index contributed by atoms with van der Waals surface area (Å²) in [5.41, 5.74) is 12.8. The molecule has 0 amide bonds. The predicted octanol–water partition coefficient (Wildman–Crippen LogP) is 11.5. The molecule has 0 unspecified atom stereocenters. The summed E-state index contributed by atoms with van der Waals surface area (Å²) in [6.07, 6.45) is 12.7. The second-order valence-electron chi connectivity index (χ2n) is 30.5. The number of aromatic amines is 1. The van der Waals surface area contributed by atoms with Crippen LogP contribution in [0.1, 0.15) is 147 Å². The van der Waals surface area contributed by atoms with E-state index in [-0.39, 0.29) is 68.6 Å². The molecular weight excluding hydrogens is 1240 g/mol. The van der Waals surface area contributed by atoms with Crippen molar-refractivity contribution in [3.8, 4) is 84.7 Å². The zero-order valence-electron chi connectivity index (χ0n) is 58.4. The minimum Gasteiger partial charge on any atom is -0.507 e. The topological polar surface area (TPSA) is 330 Å². The Balaban J connectivity index is 0.000000132. The van der Waals surface area contributed by atoms with Crippen LogP contribution in [-0.4, -0.2) is 155 Å². The van der Waals surface area contributed by atoms with E-state index in [2.05, 4.69) is 187 Å². The summed E-state index contributed by atoms with van der Waals surface area (Å²) < 4.78 is 9.51. The van der Waals surface area contributed by atoms with Gasteiger partial charge in [-0.05, 0) is 201 Å². The summed E-state index contributed by atoms with van der Waals surface area (Å²) in [5, 5.41) is 106. The van der Waals surface area contributed by atoms with E-state index in [0.29, 0.717) is 56.1 Å². The van der Waals surface area contributed by atoms with Crippen molar-refractivity contribution in [2.24, 2.45) is 14.1 Å². The van der Waals surface area contributed by atoms with Crippen molar-refractivity contribution in [3.05, 3.63) is 110 Å². The number of piperidine rings is 3. The Morgan fingerprint density at radius 1 is 0.480 bits per heavy atom. The number of nitrogens with one attached hydrogen (secondary N) is 5. The van der Waals surface area contributed by atoms with Crippen molar-refractivity contribution in [1.29, 1.82) is 0 Å². The molecule has 0 saturated carbocycles. The zero-order valence-corrected chi connectivity index (χ0v) is 58.4. The molecular formula is C71H88N24O3. The molecule has 3 saturated heterocycles. The fourth-order valence-corrected chi connectivity index (χ4v) is 15.6. The lowest BCUT2D eigenvalue weighted by atomic mass is 9.79. The highest BCUT2D eigenvalue weighted by Gasteiger charge is 2.43. The van der Waals surface area contributed by atoms with Gasteiger partial charge in [-0.25, -0.2) is 14.3 Å². The summed E-state index contributed by atoms with van der Waals surface area (Å²) in [5.74, 6) is 1.20. The Labute approximate surface area is 568 Å². The summed E-state index contributed by atoms with van der Waals surface area (Å²) in [4.78, 5) is 4.88. The van der Waals surface area contributed by atoms with Gasteiger partial charge in [0.05, 0.1) is 46.8 Å². The number of fused-ring (bicyclic) bond motifs is 3. The van der Waals surface area contributed by atoms with E-state index in [9.17, 15) is 15.3 Å². The van der Waals surface area contributed by atoms with E-state index in [4.69, 9.17) is 4.98 Å². The molecule has 98 heavy (non-hydrogen) atoms. The minimum absolute atomic E-state index is 0.0115. The van der Waals surface area contributed by atoms with Gasteiger partial charge in [0.2, 0.25) is 17.2 Å². The van der Waals surface area contributed by atoms with E-state index >= 15 is 0 Å². The Morgan fingerprint density at radius 2 is 0.929 bits per heavy atom. The SMILES string of the molecule is CCNc1nc2cc(-c3ccc(-c4cn[nH]c4)cc3O)nnc2n1C1CC(C)(C)NC(C)(C)C1.Cn1ccc(-c2ccc(-c3cc4nnn(C5CC(C)(C)NC(C)(C)C5)c4nn3)c(O)c2)n1.Cn1nccc1-c1ccc(-c2cc3nnn(C4CC(C)(C)NC(C)(C)C4)c3nn2)c(O)c1. The highest BCUT2D eigenvalue weighted by Crippen LogP contribution is 2.43. The molecule has 0 bridgehead atoms. The summed E-state index contributed by atoms with van der Waals surface area (Å²) in [6.45, 7) is 29.5. The third-order valence-electron chi connectivity index (χ3n) is 18.6. The summed E-state index contributed by atoms with van der Waals surface area (Å²) in [6, 6.07) is 26.4. The Bertz CT molecular complexity index is 4850. The third kappa shape index (κ3) is 13.9. The van der Waals surface area contributed by atoms with Gasteiger partial charge in [-0.3, -0.25) is 19.0 Å². The van der Waals surface area contributed by atoms with E-state index in [0.717, 1.165) is 95.8 Å². The molecule has 0 spiro atoms. The number of H-pyrrole nitrogens is 1. The maximum absolute atomic E-state index is 10.7. The third-order valence-corrected chi connectivity index (χ3v) is 18.6. The average molecular weight is 1330 g/mol. The molecule has 15 rings (SSSR count). The number of aromatic nitrogens is 20. The molecule has 9 aromatic heterocycles. The number of benzene rings is 3. The van der Waals surface area contributed by atoms with E-state index in [1.54, 1.807) is 46.2 Å². The summed E-state index contributed by atoms with van der Waals surface area (Å²) in [7, 11) is 3.73. The van der Waals surface area contributed by atoms with Gasteiger partial charge >= 0.3 is 0 Å². The molecule has 8 N–H and O–H groups in total. The molecule has 12 aromatic rings. The van der Waals surface area contributed by atoms with Crippen molar-refractivity contribution in [2.45, 2.75) is 180 Å². The second-order valence-corrected chi connectivity index (χ2v) is 30.5. The normalized spacial score (nSPS) is 18.1. The van der Waals surface area contributed by atoms with Gasteiger partial charge < -0.3 is 36.6 Å². The number of nitrogens with zero attached hydrogens (tertiary/aromatic N) is 19. The fourth-order valence-electron chi connectivity index (χ4n) is 15.6. The second kappa shape index (κ2) is 25.1. The number of hydrogen-bond acceptors (Lipinski definition) is 21. The monoisotopic (exact) mass is 1320 g/mol. The molecule has 3 aliphatic rings. The van der Waals surface area contributed by atoms with Crippen LogP contribution >= 0.6 is 0 Å². The highest BCUT2D eigenvalue weighted by atomic mass is 16.3. The number of rotatable bonds is 11. The Kier molecular flexibility index (Phi) is 17.0. The number of phenolic OH excluding ortho intramolecular Hbond substituents is 3. The average Bonchev–Trinajstić information content (AvgIpc) is 1.56. The number of aromatic hydroxyl groups is 3. The lowest BCUT2D eigenvalue weighted by Gasteiger charge is -2.47. The molecule has 12 heterocycles. The molecule has 3 aliphatic heterocycles. The van der Waals surface area contributed by atoms with Crippen LogP contribution in [-0.2, 0) is 14.1 Å². The van der Waals surface area contributed by atoms with Gasteiger partial charge in [0, 0.05) is 112 Å². The minimum atomic E-state index is -0.0147. The number of anilines is 1. The lowest BCUT2D eigenvalue weighted by molar-refractivity contribution is 0.126. The van der Waals surface area contributed by atoms with Gasteiger partial charge in [-0.15, -0.1) is 40.8 Å². The van der Waals surface area contributed by atoms with Gasteiger partial charge in [-0.2, -0.15) is 15.3 Å². The van der Waals surface area contributed by atoms with Crippen molar-refractivity contribution in [3.63, 3.8) is 0 Å². The summed E-state index contributed by atoms with van der Waals surface area (Å²) >= 11 is 0. The van der Waals surface area contributed by atoms with Gasteiger partial charge in [0.15, 0.2) is 5.65 Å². The molecule has 27 heteroatoms. The quantitative estimate of drug-likeness (QED) is 0.0596. The van der Waals surface area contributed by atoms with Crippen LogP contribution in [0.5, 0.6) is 17.2 Å². The molecule has 27 nitrogen and oxygen atoms in total. The first kappa shape index (κ1) is 66.5. The van der Waals surface area contributed by atoms with E-state index < -0.39 is 0 Å². The van der Waals surface area contributed by atoms with Crippen LogP contribution in [0, 0.1) is 0 Å². The van der Waals surface area contributed by atoms with Crippen LogP contribution in [0.3, 0.4) is 0 Å². The van der Waals surface area contributed by atoms with Crippen LogP contribution in [0.15, 0.2) is 110 Å². The van der Waals surface area contributed by atoms with Crippen LogP contribution < -0.4 is 21.3 Å². The molecule has 3 aromatic carbocycles. The van der Waals surface area contributed by atoms with Gasteiger partial charge in [0.1, 0.15) is 33.8 Å². The number of phenols is 3. The Morgan fingerprint density at radius 3 is 1.37 bits per heavy atom. The van der Waals surface area contributed by atoms with Gasteiger partial charge in [0.25, 0.3) is 0 Å². The van der Waals surface area contributed by atoms with Crippen LogP contribution in [0.4, 0.5) is 5.95 Å². The van der Waals surface area contributed by atoms with Crippen molar-refractivity contribution in [1.82, 2.24) is 116 Å². The fraction of sp³-hybridized carbons (Fsp3) is 0.437. The van der Waals surface area contributed by atoms with Crippen molar-refractivity contribution < 1.29 is 15.3 Å². The standard InChI is InChI=1S/C25H32N8O.2C23H28N8O/c1-6-26-23-29-20-10-19(18-8-7-15(9-21(18)34)16-13-27-28-14-16)30-31-22(20)33(23)17-11-24(2,3)32-25(4,5)12-17;1-22(2)12-15(13-23(3,4)28-22)31-21-18(26-29-31)11-17(25-27-21)16-7-6-14(10-20(16)32)19-8-9-24-30(19)5;1-22(2)12-15(13-23(3,4)28-22)31-21-19(25-29-31)11-18(24-26-21)16-7-6-14(10-20(16)32)17-8-9-30(5)27-17/h7-10,13-14,17,32,34H,6,11-12H2,1-5H3,(H,26,29)(H,27,28);2*6-11,15,28,32H,12-13H2,1-5H3. The van der Waals surface area contributed by atoms with E-state index in [1.807, 2.05) is 96.4 Å². The molecule has 0 radical (unpaired) electrons. The zero-order chi connectivity index (χ0) is 69.4. The number of aryl methyl sites for hydroxylation is 2. The molecule has 0 atom stereocenters. The van der Waals surface area contributed by atoms with Crippen molar-refractivity contribution in [2.75, 3.05) is 11.9 Å². The Hall–Kier alpha value is -10.1. The first-order valence-corrected chi connectivity index (χ1v) is 33.4. The first-order valence-electron chi connectivity index (χ1n) is 33.4. The smallest absolute Gasteiger partial charge is 0.205 e. The number of imidazole rings is 1. The maximum atomic E-state index is 10.7. The predicted molar refractivity (Wildman–Crippen MR) is 378 cm³/mol. The van der Waals surface area contributed by atoms with Crippen LogP contribution in [0.25, 0.3) is 101 Å². The van der Waals surface area contributed by atoms with Gasteiger partial charge in [-0.1, -0.05) is 28.6 Å². The van der Waals surface area contributed by atoms with Crippen molar-refractivity contribution >= 4 is 39.4 Å². The lowest BCUT2D eigenvalue weighted by Crippen LogP contribution is -2.58. The number of hydrogen-bond donors (Lipinski definition) is 8. The molecule has 3 fully saturated rings. The largest absolute Gasteiger partial charge is 0.507 e. The molecule has 510 valence electrons. The maximum Gasteiger partial charge on any atom is 0.205 e. The van der Waals surface area contributed by atoms with E-state index in [1.165, 1.54) is 0 Å². The van der Waals surface area contributed by atoms with Crippen LogP contribution in [0.2, 0.25) is 0 Å². The highest BCUT2D eigenvalue weighted by molar-refractivity contribution is 5.83. The first-order chi connectivity index (χ1) is 46.4. The molecule has 0 aliphatic carbocycles.